The number of carboxylic acid groups (broad SMARTS) is 1. The van der Waals surface area contributed by atoms with E-state index in [1.807, 2.05) is 69.3 Å². The van der Waals surface area contributed by atoms with Gasteiger partial charge in [-0.3, -0.25) is 9.59 Å². The zero-order valence-corrected chi connectivity index (χ0v) is 28.4. The molecule has 1 aliphatic rings. The zero-order valence-electron chi connectivity index (χ0n) is 28.4. The van der Waals surface area contributed by atoms with Gasteiger partial charge in [0.05, 0.1) is 20.8 Å². The highest BCUT2D eigenvalue weighted by atomic mass is 16.5. The number of hydrogen-bond acceptors (Lipinski definition) is 7. The molecule has 0 aliphatic heterocycles. The topological polar surface area (TPSA) is 124 Å². The minimum Gasteiger partial charge on any atom is -0.497 e. The smallest absolute Gasteiger partial charge is 0.407 e. The minimum absolute atomic E-state index is 0.0570. The maximum absolute atomic E-state index is 14.2. The van der Waals surface area contributed by atoms with Gasteiger partial charge in [-0.15, -0.1) is 0 Å². The molecule has 0 aromatic heterocycles. The van der Waals surface area contributed by atoms with Gasteiger partial charge in [-0.25, -0.2) is 4.79 Å². The van der Waals surface area contributed by atoms with Gasteiger partial charge in [0.15, 0.2) is 0 Å². The molecule has 2 amide bonds. The van der Waals surface area contributed by atoms with Crippen LogP contribution in [-0.2, 0) is 27.3 Å². The van der Waals surface area contributed by atoms with Crippen molar-refractivity contribution in [1.29, 1.82) is 0 Å². The number of hydrogen-bond donors (Lipinski definition) is 2. The molecule has 4 aromatic rings. The predicted octanol–water partition coefficient (Wildman–Crippen LogP) is 6.44. The van der Waals surface area contributed by atoms with Gasteiger partial charge >= 0.3 is 12.1 Å². The van der Waals surface area contributed by atoms with Gasteiger partial charge in [0, 0.05) is 24.0 Å². The predicted molar refractivity (Wildman–Crippen MR) is 185 cm³/mol. The number of fused-ring (bicyclic) bond motifs is 3. The van der Waals surface area contributed by atoms with Crippen molar-refractivity contribution in [1.82, 2.24) is 10.2 Å². The fraction of sp³-hybridized carbons (Fsp3) is 0.308. The molecule has 0 fully saturated rings. The lowest BCUT2D eigenvalue weighted by Crippen LogP contribution is -2.51. The number of aliphatic carboxylic acids is 1. The highest BCUT2D eigenvalue weighted by Gasteiger charge is 2.32. The van der Waals surface area contributed by atoms with E-state index < -0.39 is 36.2 Å². The summed E-state index contributed by atoms with van der Waals surface area (Å²) in [6.45, 7) is 5.21. The summed E-state index contributed by atoms with van der Waals surface area (Å²) in [4.78, 5) is 40.8. The SMILES string of the molecule is COc1ccc(CN(CC(=O)O)C(=O)[C@H](Cc2ccc(OC(C)(C)C)cc2)NC(=O)OCC2c3ccccc3-c3ccccc32)c(OC)c1. The lowest BCUT2D eigenvalue weighted by Gasteiger charge is -2.28. The van der Waals surface area contributed by atoms with Gasteiger partial charge in [-0.05, 0) is 72.9 Å². The van der Waals surface area contributed by atoms with E-state index in [0.29, 0.717) is 22.8 Å². The Balaban J connectivity index is 1.38. The first kappa shape index (κ1) is 34.8. The molecule has 5 rings (SSSR count). The molecular weight excluding hydrogens is 624 g/mol. The van der Waals surface area contributed by atoms with Crippen LogP contribution in [0.15, 0.2) is 91.0 Å². The number of benzene rings is 4. The van der Waals surface area contributed by atoms with E-state index in [1.54, 1.807) is 30.3 Å². The molecule has 4 aromatic carbocycles. The average Bonchev–Trinajstić information content (AvgIpc) is 3.40. The summed E-state index contributed by atoms with van der Waals surface area (Å²) in [6, 6.07) is 27.2. The van der Waals surface area contributed by atoms with Crippen molar-refractivity contribution >= 4 is 18.0 Å². The lowest BCUT2D eigenvalue weighted by atomic mass is 9.98. The largest absolute Gasteiger partial charge is 0.497 e. The molecule has 1 aliphatic carbocycles. The molecule has 2 N–H and O–H groups in total. The Hall–Kier alpha value is -5.51. The van der Waals surface area contributed by atoms with Crippen molar-refractivity contribution in [2.45, 2.75) is 51.3 Å². The van der Waals surface area contributed by atoms with Crippen molar-refractivity contribution in [2.24, 2.45) is 0 Å². The third-order valence-electron chi connectivity index (χ3n) is 8.21. The van der Waals surface area contributed by atoms with Gasteiger partial charge in [-0.1, -0.05) is 60.7 Å². The van der Waals surface area contributed by atoms with Crippen LogP contribution in [0.1, 0.15) is 48.9 Å². The molecule has 10 heteroatoms. The van der Waals surface area contributed by atoms with E-state index in [0.717, 1.165) is 27.8 Å². The molecule has 0 bridgehead atoms. The van der Waals surface area contributed by atoms with Crippen molar-refractivity contribution in [3.05, 3.63) is 113 Å². The second kappa shape index (κ2) is 15.1. The maximum Gasteiger partial charge on any atom is 0.407 e. The molecule has 0 heterocycles. The Bertz CT molecular complexity index is 1750. The second-order valence-corrected chi connectivity index (χ2v) is 12.9. The maximum atomic E-state index is 14.2. The number of methoxy groups -OCH3 is 2. The molecule has 0 radical (unpaired) electrons. The Kier molecular flexibility index (Phi) is 10.8. The van der Waals surface area contributed by atoms with E-state index in [2.05, 4.69) is 17.4 Å². The Morgan fingerprint density at radius 1 is 0.837 bits per heavy atom. The van der Waals surface area contributed by atoms with Crippen molar-refractivity contribution in [2.75, 3.05) is 27.4 Å². The van der Waals surface area contributed by atoms with E-state index in [9.17, 15) is 19.5 Å². The van der Waals surface area contributed by atoms with Crippen LogP contribution in [0.4, 0.5) is 4.79 Å². The molecule has 0 unspecified atom stereocenters. The summed E-state index contributed by atoms with van der Waals surface area (Å²) in [5.74, 6) is -0.340. The molecule has 0 saturated heterocycles. The number of amides is 2. The average molecular weight is 667 g/mol. The molecule has 10 nitrogen and oxygen atoms in total. The fourth-order valence-electron chi connectivity index (χ4n) is 6.05. The van der Waals surface area contributed by atoms with Crippen LogP contribution >= 0.6 is 0 Å². The zero-order chi connectivity index (χ0) is 35.1. The van der Waals surface area contributed by atoms with Crippen LogP contribution in [0.3, 0.4) is 0 Å². The van der Waals surface area contributed by atoms with Gasteiger partial charge < -0.3 is 34.3 Å². The summed E-state index contributed by atoms with van der Waals surface area (Å²) >= 11 is 0. The first-order valence-electron chi connectivity index (χ1n) is 16.1. The molecule has 256 valence electrons. The van der Waals surface area contributed by atoms with Crippen LogP contribution in [-0.4, -0.2) is 67.0 Å². The highest BCUT2D eigenvalue weighted by molar-refractivity contribution is 5.88. The molecule has 0 spiro atoms. The fourth-order valence-corrected chi connectivity index (χ4v) is 6.05. The van der Waals surface area contributed by atoms with Crippen molar-refractivity contribution in [3.8, 4) is 28.4 Å². The summed E-state index contributed by atoms with van der Waals surface area (Å²) < 4.78 is 22.5. The van der Waals surface area contributed by atoms with Gasteiger partial charge in [0.1, 0.15) is 42.0 Å². The number of nitrogens with one attached hydrogen (secondary N) is 1. The van der Waals surface area contributed by atoms with E-state index >= 15 is 0 Å². The van der Waals surface area contributed by atoms with E-state index in [-0.39, 0.29) is 25.5 Å². The number of carbonyl (C=O) groups excluding carboxylic acids is 2. The molecular formula is C39H42N2O8. The summed E-state index contributed by atoms with van der Waals surface area (Å²) in [5, 5.41) is 12.5. The normalized spacial score (nSPS) is 12.7. The van der Waals surface area contributed by atoms with Crippen molar-refractivity contribution in [3.63, 3.8) is 0 Å². The summed E-state index contributed by atoms with van der Waals surface area (Å²) in [6.07, 6.45) is -0.709. The minimum atomic E-state index is -1.20. The first-order chi connectivity index (χ1) is 23.5. The summed E-state index contributed by atoms with van der Waals surface area (Å²) in [5.41, 5.74) is 5.21. The number of rotatable bonds is 13. The number of carbonyl (C=O) groups is 3. The lowest BCUT2D eigenvalue weighted by molar-refractivity contribution is -0.145. The van der Waals surface area contributed by atoms with Crippen LogP contribution in [0, 0.1) is 0 Å². The standard InChI is InChI=1S/C39H42N2O8/c1-39(2,3)49-27-17-14-25(15-18-27)20-34(37(44)41(23-36(42)43)22-26-16-19-28(46-4)21-35(26)47-5)40-38(45)48-24-33-31-12-8-6-10-29(31)30-11-7-9-13-32(30)33/h6-19,21,33-34H,20,22-24H2,1-5H3,(H,40,45)(H,42,43)/t34-/m0/s1. The Labute approximate surface area is 286 Å². The monoisotopic (exact) mass is 666 g/mol. The van der Waals surface area contributed by atoms with Gasteiger partial charge in [0.2, 0.25) is 5.91 Å². The third-order valence-corrected chi connectivity index (χ3v) is 8.21. The second-order valence-electron chi connectivity index (χ2n) is 12.9. The molecule has 0 saturated carbocycles. The first-order valence-corrected chi connectivity index (χ1v) is 16.1. The number of alkyl carbamates (subject to hydrolysis) is 1. The number of nitrogens with zero attached hydrogens (tertiary/aromatic N) is 1. The van der Waals surface area contributed by atoms with Gasteiger partial charge in [0.25, 0.3) is 0 Å². The van der Waals surface area contributed by atoms with Crippen LogP contribution in [0.2, 0.25) is 0 Å². The Morgan fingerprint density at radius 3 is 2.02 bits per heavy atom. The van der Waals surface area contributed by atoms with E-state index in [1.165, 1.54) is 19.1 Å². The molecule has 49 heavy (non-hydrogen) atoms. The Morgan fingerprint density at radius 2 is 1.45 bits per heavy atom. The third kappa shape index (κ3) is 8.70. The van der Waals surface area contributed by atoms with Crippen LogP contribution in [0.5, 0.6) is 17.2 Å². The number of carboxylic acids is 1. The van der Waals surface area contributed by atoms with Crippen LogP contribution in [0.25, 0.3) is 11.1 Å². The van der Waals surface area contributed by atoms with Crippen LogP contribution < -0.4 is 19.5 Å². The van der Waals surface area contributed by atoms with Crippen molar-refractivity contribution < 1.29 is 38.4 Å². The summed E-state index contributed by atoms with van der Waals surface area (Å²) in [7, 11) is 3.01. The van der Waals surface area contributed by atoms with Gasteiger partial charge in [-0.2, -0.15) is 0 Å². The van der Waals surface area contributed by atoms with E-state index in [4.69, 9.17) is 18.9 Å². The molecule has 1 atom stereocenters. The number of ether oxygens (including phenoxy) is 4. The quantitative estimate of drug-likeness (QED) is 0.167. The highest BCUT2D eigenvalue weighted by Crippen LogP contribution is 2.44.